The summed E-state index contributed by atoms with van der Waals surface area (Å²) in [6.45, 7) is 2.85. The average Bonchev–Trinajstić information content (AvgIpc) is 2.92. The molecule has 132 valence electrons. The second-order valence-electron chi connectivity index (χ2n) is 6.32. The molecule has 0 aromatic heterocycles. The number of benzene rings is 1. The number of carbonyl (C=O) groups excluding carboxylic acids is 1. The monoisotopic (exact) mass is 397 g/mol. The van der Waals surface area contributed by atoms with Crippen LogP contribution in [0.15, 0.2) is 28.7 Å². The minimum Gasteiger partial charge on any atom is -0.481 e. The summed E-state index contributed by atoms with van der Waals surface area (Å²) in [4.78, 5) is 26.0. The SMILES string of the molecule is COCCC(Cc1cccc(Br)c1)C(=O)N1CCC(C(=O)O)C1C. The number of aliphatic carboxylic acids is 1. The van der Waals surface area contributed by atoms with Crippen LogP contribution < -0.4 is 0 Å². The van der Waals surface area contributed by atoms with E-state index in [1.54, 1.807) is 12.0 Å². The Labute approximate surface area is 151 Å². The Morgan fingerprint density at radius 1 is 1.46 bits per heavy atom. The minimum atomic E-state index is -0.821. The molecule has 1 fully saturated rings. The van der Waals surface area contributed by atoms with Crippen molar-refractivity contribution in [2.75, 3.05) is 20.3 Å². The molecule has 0 aliphatic carbocycles. The van der Waals surface area contributed by atoms with Gasteiger partial charge in [0.05, 0.1) is 5.92 Å². The molecule has 1 amide bonds. The zero-order valence-corrected chi connectivity index (χ0v) is 15.7. The van der Waals surface area contributed by atoms with E-state index in [1.807, 2.05) is 31.2 Å². The summed E-state index contributed by atoms with van der Waals surface area (Å²) in [5.74, 6) is -1.46. The molecular weight excluding hydrogens is 374 g/mol. The smallest absolute Gasteiger partial charge is 0.308 e. The molecule has 1 aliphatic rings. The number of carboxylic acids is 1. The Morgan fingerprint density at radius 3 is 2.79 bits per heavy atom. The molecule has 1 aromatic carbocycles. The van der Waals surface area contributed by atoms with Crippen molar-refractivity contribution in [3.8, 4) is 0 Å². The third-order valence-electron chi connectivity index (χ3n) is 4.75. The van der Waals surface area contributed by atoms with Gasteiger partial charge in [-0.05, 0) is 43.9 Å². The fourth-order valence-electron chi connectivity index (χ4n) is 3.34. The average molecular weight is 398 g/mol. The Hall–Kier alpha value is -1.40. The maximum Gasteiger partial charge on any atom is 0.308 e. The number of hydrogen-bond acceptors (Lipinski definition) is 3. The molecule has 1 N–H and O–H groups in total. The normalized spacial score (nSPS) is 21.7. The lowest BCUT2D eigenvalue weighted by Gasteiger charge is -2.28. The number of rotatable bonds is 7. The molecule has 0 radical (unpaired) electrons. The highest BCUT2D eigenvalue weighted by Crippen LogP contribution is 2.28. The van der Waals surface area contributed by atoms with Crippen LogP contribution in [-0.2, 0) is 20.7 Å². The third kappa shape index (κ3) is 4.57. The van der Waals surface area contributed by atoms with Crippen LogP contribution in [0, 0.1) is 11.8 Å². The standard InChI is InChI=1S/C18H24BrNO4/c1-12-16(18(22)23)6-8-20(12)17(21)14(7-9-24-2)10-13-4-3-5-15(19)11-13/h3-5,11-12,14,16H,6-10H2,1-2H3,(H,22,23). The van der Waals surface area contributed by atoms with Crippen molar-refractivity contribution >= 4 is 27.8 Å². The number of hydrogen-bond donors (Lipinski definition) is 1. The summed E-state index contributed by atoms with van der Waals surface area (Å²) in [6, 6.07) is 7.67. The van der Waals surface area contributed by atoms with Gasteiger partial charge >= 0.3 is 5.97 Å². The Bertz CT molecular complexity index is 592. The molecule has 0 saturated carbocycles. The number of halogens is 1. The maximum atomic E-state index is 13.0. The van der Waals surface area contributed by atoms with Crippen LogP contribution in [0.2, 0.25) is 0 Å². The van der Waals surface area contributed by atoms with Gasteiger partial charge in [-0.15, -0.1) is 0 Å². The van der Waals surface area contributed by atoms with Crippen molar-refractivity contribution in [3.05, 3.63) is 34.3 Å². The van der Waals surface area contributed by atoms with E-state index in [4.69, 9.17) is 4.74 Å². The number of nitrogens with zero attached hydrogens (tertiary/aromatic N) is 1. The summed E-state index contributed by atoms with van der Waals surface area (Å²) >= 11 is 3.46. The van der Waals surface area contributed by atoms with Crippen molar-refractivity contribution in [1.29, 1.82) is 0 Å². The van der Waals surface area contributed by atoms with E-state index >= 15 is 0 Å². The van der Waals surface area contributed by atoms with Gasteiger partial charge < -0.3 is 14.7 Å². The van der Waals surface area contributed by atoms with E-state index in [0.29, 0.717) is 32.4 Å². The molecule has 1 saturated heterocycles. The van der Waals surface area contributed by atoms with E-state index in [9.17, 15) is 14.7 Å². The number of carbonyl (C=O) groups is 2. The first-order valence-corrected chi connectivity index (χ1v) is 9.00. The summed E-state index contributed by atoms with van der Waals surface area (Å²) in [6.07, 6.45) is 1.78. The Kier molecular flexibility index (Phi) is 6.80. The molecule has 24 heavy (non-hydrogen) atoms. The molecule has 1 aromatic rings. The van der Waals surface area contributed by atoms with Gasteiger partial charge in [0, 0.05) is 36.7 Å². The molecule has 2 rings (SSSR count). The van der Waals surface area contributed by atoms with Gasteiger partial charge in [-0.25, -0.2) is 0 Å². The lowest BCUT2D eigenvalue weighted by atomic mass is 9.94. The van der Waals surface area contributed by atoms with Crippen LogP contribution in [0.25, 0.3) is 0 Å². The first-order chi connectivity index (χ1) is 11.4. The highest BCUT2D eigenvalue weighted by atomic mass is 79.9. The molecule has 3 unspecified atom stereocenters. The maximum absolute atomic E-state index is 13.0. The van der Waals surface area contributed by atoms with Crippen LogP contribution in [0.1, 0.15) is 25.3 Å². The van der Waals surface area contributed by atoms with Gasteiger partial charge in [-0.3, -0.25) is 9.59 Å². The van der Waals surface area contributed by atoms with E-state index in [0.717, 1.165) is 10.0 Å². The van der Waals surface area contributed by atoms with Gasteiger partial charge in [0.2, 0.25) is 5.91 Å². The van der Waals surface area contributed by atoms with Crippen molar-refractivity contribution in [2.45, 2.75) is 32.2 Å². The molecular formula is C18H24BrNO4. The van der Waals surface area contributed by atoms with E-state index < -0.39 is 11.9 Å². The molecule has 3 atom stereocenters. The zero-order valence-electron chi connectivity index (χ0n) is 14.1. The highest BCUT2D eigenvalue weighted by Gasteiger charge is 2.39. The number of methoxy groups -OCH3 is 1. The number of amides is 1. The highest BCUT2D eigenvalue weighted by molar-refractivity contribution is 9.10. The Morgan fingerprint density at radius 2 is 2.21 bits per heavy atom. The van der Waals surface area contributed by atoms with E-state index in [1.165, 1.54) is 0 Å². The molecule has 5 nitrogen and oxygen atoms in total. The van der Waals surface area contributed by atoms with Crippen molar-refractivity contribution in [2.24, 2.45) is 11.8 Å². The van der Waals surface area contributed by atoms with Gasteiger partial charge in [0.25, 0.3) is 0 Å². The van der Waals surface area contributed by atoms with Gasteiger partial charge in [0.1, 0.15) is 0 Å². The molecule has 6 heteroatoms. The van der Waals surface area contributed by atoms with Crippen molar-refractivity contribution < 1.29 is 19.4 Å². The van der Waals surface area contributed by atoms with Crippen molar-refractivity contribution in [3.63, 3.8) is 0 Å². The largest absolute Gasteiger partial charge is 0.481 e. The fraction of sp³-hybridized carbons (Fsp3) is 0.556. The molecule has 1 aliphatic heterocycles. The first kappa shape index (κ1) is 18.9. The van der Waals surface area contributed by atoms with Gasteiger partial charge in [-0.2, -0.15) is 0 Å². The molecule has 0 bridgehead atoms. The van der Waals surface area contributed by atoms with Crippen LogP contribution in [0.3, 0.4) is 0 Å². The van der Waals surface area contributed by atoms with Gasteiger partial charge in [-0.1, -0.05) is 28.1 Å². The third-order valence-corrected chi connectivity index (χ3v) is 5.24. The van der Waals surface area contributed by atoms with Crippen LogP contribution in [0.5, 0.6) is 0 Å². The quantitative estimate of drug-likeness (QED) is 0.767. The predicted molar refractivity (Wildman–Crippen MR) is 94.7 cm³/mol. The number of likely N-dealkylation sites (tertiary alicyclic amines) is 1. The lowest BCUT2D eigenvalue weighted by Crippen LogP contribution is -2.42. The number of carboxylic acid groups (broad SMARTS) is 1. The van der Waals surface area contributed by atoms with E-state index in [-0.39, 0.29) is 17.9 Å². The van der Waals surface area contributed by atoms with Gasteiger partial charge in [0.15, 0.2) is 0 Å². The summed E-state index contributed by atoms with van der Waals surface area (Å²) in [5, 5.41) is 9.27. The minimum absolute atomic E-state index is 0.0308. The first-order valence-electron chi connectivity index (χ1n) is 8.20. The fourth-order valence-corrected chi connectivity index (χ4v) is 3.78. The number of ether oxygens (including phenoxy) is 1. The summed E-state index contributed by atoms with van der Waals surface area (Å²) < 4.78 is 6.14. The second kappa shape index (κ2) is 8.62. The van der Waals surface area contributed by atoms with Crippen molar-refractivity contribution in [1.82, 2.24) is 4.90 Å². The second-order valence-corrected chi connectivity index (χ2v) is 7.23. The predicted octanol–water partition coefficient (Wildman–Crippen LogP) is 2.97. The Balaban J connectivity index is 2.12. The van der Waals surface area contributed by atoms with Crippen LogP contribution in [0.4, 0.5) is 0 Å². The molecule has 1 heterocycles. The zero-order chi connectivity index (χ0) is 17.7. The van der Waals surface area contributed by atoms with Crippen LogP contribution in [-0.4, -0.2) is 48.2 Å². The topological polar surface area (TPSA) is 66.8 Å². The summed E-state index contributed by atoms with van der Waals surface area (Å²) in [5.41, 5.74) is 1.08. The molecule has 0 spiro atoms. The van der Waals surface area contributed by atoms with Crippen LogP contribution >= 0.6 is 15.9 Å². The van der Waals surface area contributed by atoms with E-state index in [2.05, 4.69) is 15.9 Å². The lowest BCUT2D eigenvalue weighted by molar-refractivity contribution is -0.143. The summed E-state index contributed by atoms with van der Waals surface area (Å²) in [7, 11) is 1.62.